The van der Waals surface area contributed by atoms with Gasteiger partial charge in [0, 0.05) is 16.1 Å². The Balaban J connectivity index is 1.58. The summed E-state index contributed by atoms with van der Waals surface area (Å²) in [6.07, 6.45) is 3.03. The van der Waals surface area contributed by atoms with Crippen LogP contribution in [0.5, 0.6) is 11.5 Å². The van der Waals surface area contributed by atoms with E-state index < -0.39 is 12.0 Å². The van der Waals surface area contributed by atoms with E-state index in [9.17, 15) is 14.0 Å². The van der Waals surface area contributed by atoms with Crippen molar-refractivity contribution in [1.82, 2.24) is 4.57 Å². The topological polar surface area (TPSA) is 79.1 Å². The normalized spacial score (nSPS) is 14.7. The highest BCUT2D eigenvalue weighted by atomic mass is 35.5. The van der Waals surface area contributed by atoms with E-state index in [4.69, 9.17) is 30.8 Å². The smallest absolute Gasteiger partial charge is 0.338 e. The van der Waals surface area contributed by atoms with E-state index in [1.165, 1.54) is 29.1 Å². The summed E-state index contributed by atoms with van der Waals surface area (Å²) in [4.78, 5) is 32.7. The van der Waals surface area contributed by atoms with Gasteiger partial charge >= 0.3 is 5.97 Å². The number of halogens is 2. The van der Waals surface area contributed by atoms with Crippen LogP contribution in [-0.2, 0) is 16.1 Å². The second kappa shape index (κ2) is 13.4. The van der Waals surface area contributed by atoms with Gasteiger partial charge < -0.3 is 14.2 Å². The van der Waals surface area contributed by atoms with E-state index in [2.05, 4.69) is 0 Å². The van der Waals surface area contributed by atoms with Gasteiger partial charge in [0.25, 0.3) is 5.56 Å². The van der Waals surface area contributed by atoms with Crippen LogP contribution >= 0.6 is 22.9 Å². The summed E-state index contributed by atoms with van der Waals surface area (Å²) in [5.41, 5.74) is 2.33. The standard InChI is InChI=1S/C33H30ClFN2O5S/c1-4-8-26-29(32(39)41-5-2)30(24-18-22(34)13-16-27(24)40-3)37-31(38)28(43-33(37)36-26)17-20-11-14-23(15-12-20)42-19-21-9-6-7-10-25(21)35/h6-7,9-18,30H,4-5,8,19H2,1-3H3/b28-17+/t30-/m0/s1. The van der Waals surface area contributed by atoms with E-state index in [0.29, 0.717) is 54.7 Å². The maximum atomic E-state index is 14.0. The molecule has 0 fully saturated rings. The molecule has 1 aliphatic heterocycles. The van der Waals surface area contributed by atoms with Crippen molar-refractivity contribution in [3.63, 3.8) is 0 Å². The SMILES string of the molecule is CCCC1=C(C(=O)OCC)[C@H](c2cc(Cl)ccc2OC)n2c(s/c(=C/c3ccc(OCc4ccccc4F)cc3)c2=O)=N1. The van der Waals surface area contributed by atoms with Gasteiger partial charge in [-0.25, -0.2) is 14.2 Å². The number of esters is 1. The summed E-state index contributed by atoms with van der Waals surface area (Å²) < 4.78 is 32.7. The number of aromatic nitrogens is 1. The fourth-order valence-corrected chi connectivity index (χ4v) is 6.12. The van der Waals surface area contributed by atoms with Gasteiger partial charge in [-0.05, 0) is 61.4 Å². The van der Waals surface area contributed by atoms with Gasteiger partial charge in [-0.2, -0.15) is 0 Å². The minimum absolute atomic E-state index is 0.0977. The lowest BCUT2D eigenvalue weighted by molar-refractivity contribution is -0.139. The van der Waals surface area contributed by atoms with E-state index in [0.717, 1.165) is 12.0 Å². The number of nitrogens with zero attached hydrogens (tertiary/aromatic N) is 2. The summed E-state index contributed by atoms with van der Waals surface area (Å²) in [6, 6.07) is 17.9. The molecule has 0 radical (unpaired) electrons. The van der Waals surface area contributed by atoms with Gasteiger partial charge in [0.2, 0.25) is 0 Å². The van der Waals surface area contributed by atoms with Crippen LogP contribution < -0.4 is 24.4 Å². The molecule has 0 N–H and O–H groups in total. The molecule has 0 saturated heterocycles. The molecule has 1 aliphatic rings. The molecule has 0 spiro atoms. The van der Waals surface area contributed by atoms with Gasteiger partial charge in [0.1, 0.15) is 30.0 Å². The maximum Gasteiger partial charge on any atom is 0.338 e. The predicted molar refractivity (Wildman–Crippen MR) is 165 cm³/mol. The van der Waals surface area contributed by atoms with Crippen molar-refractivity contribution in [2.75, 3.05) is 13.7 Å². The monoisotopic (exact) mass is 620 g/mol. The first-order valence-electron chi connectivity index (χ1n) is 13.9. The van der Waals surface area contributed by atoms with Crippen molar-refractivity contribution in [2.24, 2.45) is 4.99 Å². The van der Waals surface area contributed by atoms with Crippen LogP contribution in [0.1, 0.15) is 49.4 Å². The number of ether oxygens (including phenoxy) is 3. The average molecular weight is 621 g/mol. The largest absolute Gasteiger partial charge is 0.496 e. The first-order chi connectivity index (χ1) is 20.8. The Morgan fingerprint density at radius 3 is 2.58 bits per heavy atom. The molecule has 0 amide bonds. The van der Waals surface area contributed by atoms with Crippen LogP contribution in [0.15, 0.2) is 87.8 Å². The molecule has 4 aromatic rings. The Bertz CT molecular complexity index is 1860. The zero-order valence-corrected chi connectivity index (χ0v) is 25.5. The third-order valence-corrected chi connectivity index (χ3v) is 8.13. The first-order valence-corrected chi connectivity index (χ1v) is 15.1. The molecule has 1 atom stereocenters. The molecule has 0 bridgehead atoms. The minimum Gasteiger partial charge on any atom is -0.496 e. The summed E-state index contributed by atoms with van der Waals surface area (Å²) in [6.45, 7) is 4.00. The van der Waals surface area contributed by atoms with Gasteiger partial charge in [-0.1, -0.05) is 66.6 Å². The van der Waals surface area contributed by atoms with E-state index in [1.54, 1.807) is 61.5 Å². The Hall–Kier alpha value is -4.21. The zero-order chi connectivity index (χ0) is 30.5. The summed E-state index contributed by atoms with van der Waals surface area (Å²) >= 11 is 7.64. The average Bonchev–Trinajstić information content (AvgIpc) is 3.31. The third kappa shape index (κ3) is 6.43. The second-order valence-corrected chi connectivity index (χ2v) is 11.2. The number of hydrogen-bond acceptors (Lipinski definition) is 7. The molecular weight excluding hydrogens is 591 g/mol. The maximum absolute atomic E-state index is 14.0. The second-order valence-electron chi connectivity index (χ2n) is 9.75. The number of thiazole rings is 1. The Labute approximate surface area is 257 Å². The molecule has 3 aromatic carbocycles. The highest BCUT2D eigenvalue weighted by molar-refractivity contribution is 7.07. The van der Waals surface area contributed by atoms with Gasteiger partial charge in [0.05, 0.1) is 29.5 Å². The van der Waals surface area contributed by atoms with Crippen LogP contribution in [0, 0.1) is 5.82 Å². The molecule has 10 heteroatoms. The fraction of sp³-hybridized carbons (Fsp3) is 0.242. The Kier molecular flexibility index (Phi) is 9.43. The van der Waals surface area contributed by atoms with E-state index in [-0.39, 0.29) is 24.6 Å². The predicted octanol–water partition coefficient (Wildman–Crippen LogP) is 5.96. The number of rotatable bonds is 10. The van der Waals surface area contributed by atoms with Gasteiger partial charge in [-0.15, -0.1) is 0 Å². The lowest BCUT2D eigenvalue weighted by Gasteiger charge is -2.27. The first kappa shape index (κ1) is 30.3. The van der Waals surface area contributed by atoms with E-state index in [1.807, 2.05) is 19.1 Å². The molecular formula is C33H30ClFN2O5S. The summed E-state index contributed by atoms with van der Waals surface area (Å²) in [5.74, 6) is 0.186. The van der Waals surface area contributed by atoms with Crippen LogP contribution in [0.2, 0.25) is 5.02 Å². The van der Waals surface area contributed by atoms with Gasteiger partial charge in [0.15, 0.2) is 4.80 Å². The molecule has 43 heavy (non-hydrogen) atoms. The molecule has 7 nitrogen and oxygen atoms in total. The fourth-order valence-electron chi connectivity index (χ4n) is 4.92. The molecule has 5 rings (SSSR count). The Morgan fingerprint density at radius 2 is 1.88 bits per heavy atom. The van der Waals surface area contributed by atoms with Crippen LogP contribution in [0.4, 0.5) is 4.39 Å². The van der Waals surface area contributed by atoms with E-state index >= 15 is 0 Å². The molecule has 0 saturated carbocycles. The summed E-state index contributed by atoms with van der Waals surface area (Å²) in [7, 11) is 1.53. The third-order valence-electron chi connectivity index (χ3n) is 6.91. The highest BCUT2D eigenvalue weighted by Gasteiger charge is 2.36. The van der Waals surface area contributed by atoms with Crippen molar-refractivity contribution >= 4 is 35.0 Å². The molecule has 222 valence electrons. The van der Waals surface area contributed by atoms with Crippen molar-refractivity contribution in [2.45, 2.75) is 39.3 Å². The lowest BCUT2D eigenvalue weighted by Crippen LogP contribution is -2.40. The van der Waals surface area contributed by atoms with Crippen molar-refractivity contribution in [3.05, 3.63) is 125 Å². The highest BCUT2D eigenvalue weighted by Crippen LogP contribution is 2.38. The lowest BCUT2D eigenvalue weighted by atomic mass is 9.93. The number of carbonyl (C=O) groups is 1. The molecule has 0 unspecified atom stereocenters. The molecule has 2 heterocycles. The number of benzene rings is 3. The van der Waals surface area contributed by atoms with Crippen LogP contribution in [0.25, 0.3) is 6.08 Å². The number of allylic oxidation sites excluding steroid dienone is 1. The number of hydrogen-bond donors (Lipinski definition) is 0. The number of carbonyl (C=O) groups excluding carboxylic acids is 1. The van der Waals surface area contributed by atoms with Crippen molar-refractivity contribution in [3.8, 4) is 11.5 Å². The molecule has 1 aromatic heterocycles. The number of methoxy groups -OCH3 is 1. The Morgan fingerprint density at radius 1 is 1.12 bits per heavy atom. The molecule has 0 aliphatic carbocycles. The van der Waals surface area contributed by atoms with Crippen LogP contribution in [0.3, 0.4) is 0 Å². The summed E-state index contributed by atoms with van der Waals surface area (Å²) in [5, 5.41) is 0.437. The zero-order valence-electron chi connectivity index (χ0n) is 23.9. The van der Waals surface area contributed by atoms with Crippen LogP contribution in [-0.4, -0.2) is 24.3 Å². The number of fused-ring (bicyclic) bond motifs is 1. The minimum atomic E-state index is -0.846. The van der Waals surface area contributed by atoms with Crippen molar-refractivity contribution < 1.29 is 23.4 Å². The van der Waals surface area contributed by atoms with Crippen molar-refractivity contribution in [1.29, 1.82) is 0 Å². The van der Waals surface area contributed by atoms with Gasteiger partial charge in [-0.3, -0.25) is 9.36 Å². The quantitative estimate of drug-likeness (QED) is 0.205.